The van der Waals surface area contributed by atoms with Gasteiger partial charge in [0.25, 0.3) is 5.91 Å². The fourth-order valence-electron chi connectivity index (χ4n) is 3.12. The number of benzene rings is 2. The largest absolute Gasteiger partial charge is 0.493 e. The lowest BCUT2D eigenvalue weighted by Crippen LogP contribution is -2.41. The molecular formula is C23H30ClN3O4. The first-order valence-electron chi connectivity index (χ1n) is 9.87. The number of ether oxygens (including phenoxy) is 2. The van der Waals surface area contributed by atoms with Crippen LogP contribution in [0.3, 0.4) is 0 Å². The van der Waals surface area contributed by atoms with Gasteiger partial charge in [-0.2, -0.15) is 0 Å². The maximum Gasteiger partial charge on any atom is 0.254 e. The summed E-state index contributed by atoms with van der Waals surface area (Å²) in [5.41, 5.74) is 7.41. The van der Waals surface area contributed by atoms with E-state index in [1.54, 1.807) is 48.4 Å². The third-order valence-corrected chi connectivity index (χ3v) is 5.19. The highest BCUT2D eigenvalue weighted by Crippen LogP contribution is 2.30. The van der Waals surface area contributed by atoms with Crippen LogP contribution < -0.4 is 20.5 Å². The Labute approximate surface area is 188 Å². The summed E-state index contributed by atoms with van der Waals surface area (Å²) in [4.78, 5) is 26.6. The number of nitrogens with one attached hydrogen (secondary N) is 1. The lowest BCUT2D eigenvalue weighted by molar-refractivity contribution is -0.114. The third kappa shape index (κ3) is 6.60. The van der Waals surface area contributed by atoms with Crippen molar-refractivity contribution in [2.75, 3.05) is 32.6 Å². The molecule has 31 heavy (non-hydrogen) atoms. The molecule has 168 valence electrons. The second kappa shape index (κ2) is 10.5. The molecule has 0 heterocycles. The van der Waals surface area contributed by atoms with E-state index in [4.69, 9.17) is 26.8 Å². The lowest BCUT2D eigenvalue weighted by Gasteiger charge is -2.32. The maximum atomic E-state index is 13.5. The summed E-state index contributed by atoms with van der Waals surface area (Å²) in [6, 6.07) is 10.2. The van der Waals surface area contributed by atoms with Crippen LogP contribution in [0.5, 0.6) is 11.5 Å². The first-order valence-corrected chi connectivity index (χ1v) is 10.3. The Morgan fingerprint density at radius 1 is 1.10 bits per heavy atom. The van der Waals surface area contributed by atoms with Gasteiger partial charge in [0.05, 0.1) is 14.2 Å². The minimum atomic E-state index is -0.312. The van der Waals surface area contributed by atoms with Gasteiger partial charge in [0, 0.05) is 36.3 Å². The summed E-state index contributed by atoms with van der Waals surface area (Å²) < 4.78 is 10.6. The monoisotopic (exact) mass is 447 g/mol. The van der Waals surface area contributed by atoms with Crippen molar-refractivity contribution in [2.24, 2.45) is 11.1 Å². The number of rotatable bonds is 9. The number of nitrogens with zero attached hydrogens (tertiary/aromatic N) is 1. The first kappa shape index (κ1) is 24.5. The molecule has 2 amide bonds. The van der Waals surface area contributed by atoms with Gasteiger partial charge in [0.2, 0.25) is 5.91 Å². The normalized spacial score (nSPS) is 11.1. The highest BCUT2D eigenvalue weighted by Gasteiger charge is 2.26. The molecular weight excluding hydrogens is 418 g/mol. The van der Waals surface area contributed by atoms with Crippen LogP contribution in [-0.4, -0.2) is 44.0 Å². The zero-order valence-electron chi connectivity index (χ0n) is 18.6. The number of hydrogen-bond acceptors (Lipinski definition) is 5. The van der Waals surface area contributed by atoms with E-state index in [9.17, 15) is 9.59 Å². The highest BCUT2D eigenvalue weighted by molar-refractivity contribution is 6.31. The smallest absolute Gasteiger partial charge is 0.254 e. The molecule has 8 heteroatoms. The molecule has 0 spiro atoms. The van der Waals surface area contributed by atoms with Gasteiger partial charge in [-0.1, -0.05) is 25.4 Å². The molecule has 2 aromatic rings. The molecule has 3 N–H and O–H groups in total. The van der Waals surface area contributed by atoms with Crippen molar-refractivity contribution in [3.8, 4) is 11.5 Å². The van der Waals surface area contributed by atoms with Crippen molar-refractivity contribution >= 4 is 29.1 Å². The molecule has 0 bridgehead atoms. The molecule has 0 atom stereocenters. The van der Waals surface area contributed by atoms with Gasteiger partial charge < -0.3 is 25.4 Å². The standard InChI is InChI=1S/C23H30ClN3O4/c1-15(28)26-18-7-8-19(24)17(10-18)12-27(14-23(2,3)13-25)22(29)16-6-9-20(30-4)21(11-16)31-5/h6-11H,12-14,25H2,1-5H3,(H,26,28). The van der Waals surface area contributed by atoms with Gasteiger partial charge in [-0.15, -0.1) is 0 Å². The summed E-state index contributed by atoms with van der Waals surface area (Å²) in [6.07, 6.45) is 0. The maximum absolute atomic E-state index is 13.5. The minimum absolute atomic E-state index is 0.184. The average molecular weight is 448 g/mol. The van der Waals surface area contributed by atoms with E-state index in [0.717, 1.165) is 5.56 Å². The van der Waals surface area contributed by atoms with Crippen LogP contribution in [0.25, 0.3) is 0 Å². The molecule has 2 rings (SSSR count). The molecule has 0 radical (unpaired) electrons. The Morgan fingerprint density at radius 3 is 2.35 bits per heavy atom. The summed E-state index contributed by atoms with van der Waals surface area (Å²) in [6.45, 7) is 6.50. The Hall–Kier alpha value is -2.77. The van der Waals surface area contributed by atoms with E-state index in [-0.39, 0.29) is 23.8 Å². The van der Waals surface area contributed by atoms with E-state index >= 15 is 0 Å². The van der Waals surface area contributed by atoms with Crippen LogP contribution in [-0.2, 0) is 11.3 Å². The Kier molecular flexibility index (Phi) is 8.30. The molecule has 0 aliphatic carbocycles. The van der Waals surface area contributed by atoms with Crippen LogP contribution >= 0.6 is 11.6 Å². The van der Waals surface area contributed by atoms with Crippen molar-refractivity contribution in [2.45, 2.75) is 27.3 Å². The van der Waals surface area contributed by atoms with Crippen molar-refractivity contribution in [1.29, 1.82) is 0 Å². The van der Waals surface area contributed by atoms with E-state index in [1.165, 1.54) is 14.0 Å². The van der Waals surface area contributed by atoms with Gasteiger partial charge in [0.15, 0.2) is 11.5 Å². The van der Waals surface area contributed by atoms with Crippen molar-refractivity contribution < 1.29 is 19.1 Å². The third-order valence-electron chi connectivity index (χ3n) is 4.82. The zero-order chi connectivity index (χ0) is 23.2. The SMILES string of the molecule is COc1ccc(C(=O)N(Cc2cc(NC(C)=O)ccc2Cl)CC(C)(C)CN)cc1OC. The van der Waals surface area contributed by atoms with Gasteiger partial charge in [0.1, 0.15) is 0 Å². The van der Waals surface area contributed by atoms with Crippen LogP contribution in [0.1, 0.15) is 36.7 Å². The number of carbonyl (C=O) groups is 2. The number of nitrogens with two attached hydrogens (primary N) is 1. The van der Waals surface area contributed by atoms with Crippen molar-refractivity contribution in [1.82, 2.24) is 4.90 Å². The average Bonchev–Trinajstić information content (AvgIpc) is 2.74. The highest BCUT2D eigenvalue weighted by atomic mass is 35.5. The molecule has 0 saturated heterocycles. The van der Waals surface area contributed by atoms with Gasteiger partial charge in [-0.3, -0.25) is 9.59 Å². The van der Waals surface area contributed by atoms with E-state index in [0.29, 0.717) is 40.9 Å². The summed E-state index contributed by atoms with van der Waals surface area (Å²) in [5, 5.41) is 3.25. The fourth-order valence-corrected chi connectivity index (χ4v) is 3.29. The molecule has 0 unspecified atom stereocenters. The summed E-state index contributed by atoms with van der Waals surface area (Å²) in [7, 11) is 3.06. The second-order valence-electron chi connectivity index (χ2n) is 8.09. The molecule has 0 fully saturated rings. The summed E-state index contributed by atoms with van der Waals surface area (Å²) in [5.74, 6) is 0.635. The van der Waals surface area contributed by atoms with Crippen LogP contribution in [0.4, 0.5) is 5.69 Å². The number of methoxy groups -OCH3 is 2. The van der Waals surface area contributed by atoms with Gasteiger partial charge in [-0.25, -0.2) is 0 Å². The predicted molar refractivity (Wildman–Crippen MR) is 123 cm³/mol. The van der Waals surface area contributed by atoms with E-state index in [2.05, 4.69) is 5.32 Å². The first-order chi connectivity index (χ1) is 14.6. The molecule has 7 nitrogen and oxygen atoms in total. The lowest BCUT2D eigenvalue weighted by atomic mass is 9.92. The van der Waals surface area contributed by atoms with Crippen molar-refractivity contribution in [3.63, 3.8) is 0 Å². The Balaban J connectivity index is 2.42. The second-order valence-corrected chi connectivity index (χ2v) is 8.49. The predicted octanol–water partition coefficient (Wildman–Crippen LogP) is 3.94. The van der Waals surface area contributed by atoms with E-state index < -0.39 is 0 Å². The Bertz CT molecular complexity index is 946. The molecule has 2 aromatic carbocycles. The van der Waals surface area contributed by atoms with Crippen molar-refractivity contribution in [3.05, 3.63) is 52.5 Å². The van der Waals surface area contributed by atoms with Crippen LogP contribution in [0.15, 0.2) is 36.4 Å². The topological polar surface area (TPSA) is 93.9 Å². The van der Waals surface area contributed by atoms with Gasteiger partial charge in [-0.05, 0) is 53.9 Å². The molecule has 0 aliphatic heterocycles. The summed E-state index contributed by atoms with van der Waals surface area (Å²) >= 11 is 6.41. The quantitative estimate of drug-likeness (QED) is 0.607. The molecule has 0 aliphatic rings. The number of amides is 2. The van der Waals surface area contributed by atoms with E-state index in [1.807, 2.05) is 13.8 Å². The van der Waals surface area contributed by atoms with Gasteiger partial charge >= 0.3 is 0 Å². The number of anilines is 1. The van der Waals surface area contributed by atoms with Crippen LogP contribution in [0.2, 0.25) is 5.02 Å². The Morgan fingerprint density at radius 2 is 1.77 bits per heavy atom. The molecule has 0 aromatic heterocycles. The fraction of sp³-hybridized carbons (Fsp3) is 0.391. The molecule has 0 saturated carbocycles. The number of carbonyl (C=O) groups excluding carboxylic acids is 2. The number of halogens is 1. The zero-order valence-corrected chi connectivity index (χ0v) is 19.4. The number of hydrogen-bond donors (Lipinski definition) is 2. The van der Waals surface area contributed by atoms with Crippen LogP contribution in [0, 0.1) is 5.41 Å². The minimum Gasteiger partial charge on any atom is -0.493 e.